The molecular weight excluding hydrogens is 340 g/mol. The second kappa shape index (κ2) is 5.40. The van der Waals surface area contributed by atoms with Gasteiger partial charge < -0.3 is 9.84 Å². The smallest absolute Gasteiger partial charge is 0.127 e. The third-order valence-corrected chi connectivity index (χ3v) is 4.51. The molecule has 1 N–H and O–H groups in total. The van der Waals surface area contributed by atoms with Gasteiger partial charge in [0.1, 0.15) is 11.9 Å². The molecule has 1 aliphatic rings. The van der Waals surface area contributed by atoms with Crippen molar-refractivity contribution in [1.29, 1.82) is 0 Å². The highest BCUT2D eigenvalue weighted by atomic mass is 79.9. The molecule has 1 unspecified atom stereocenters. The van der Waals surface area contributed by atoms with E-state index in [1.54, 1.807) is 0 Å². The summed E-state index contributed by atoms with van der Waals surface area (Å²) in [6.07, 6.45) is -0.166. The van der Waals surface area contributed by atoms with Crippen molar-refractivity contribution in [2.45, 2.75) is 25.6 Å². The molecule has 0 aliphatic carbocycles. The highest BCUT2D eigenvalue weighted by Gasteiger charge is 2.28. The van der Waals surface area contributed by atoms with Crippen LogP contribution >= 0.6 is 27.5 Å². The number of aliphatic hydroxyl groups is 1. The fraction of sp³-hybridized carbons (Fsp3) is 0.250. The summed E-state index contributed by atoms with van der Waals surface area (Å²) in [5, 5.41) is 11.0. The molecule has 0 saturated carbocycles. The second-order valence-electron chi connectivity index (χ2n) is 5.05. The summed E-state index contributed by atoms with van der Waals surface area (Å²) in [6, 6.07) is 11.6. The molecule has 104 valence electrons. The molecule has 1 aliphatic heterocycles. The highest BCUT2D eigenvalue weighted by molar-refractivity contribution is 9.10. The van der Waals surface area contributed by atoms with Crippen LogP contribution in [0, 0.1) is 6.92 Å². The Morgan fingerprint density at radius 1 is 1.25 bits per heavy atom. The number of hydrogen-bond donors (Lipinski definition) is 1. The molecule has 0 fully saturated rings. The molecule has 0 aromatic heterocycles. The van der Waals surface area contributed by atoms with Crippen molar-refractivity contribution in [3.63, 3.8) is 0 Å². The molecule has 4 heteroatoms. The molecule has 2 aromatic rings. The zero-order valence-electron chi connectivity index (χ0n) is 10.9. The molecule has 0 radical (unpaired) electrons. The van der Waals surface area contributed by atoms with Gasteiger partial charge in [0.25, 0.3) is 0 Å². The van der Waals surface area contributed by atoms with Crippen molar-refractivity contribution in [2.75, 3.05) is 0 Å². The van der Waals surface area contributed by atoms with Gasteiger partial charge in [0.05, 0.1) is 6.10 Å². The summed E-state index contributed by atoms with van der Waals surface area (Å²) >= 11 is 9.58. The Hall–Kier alpha value is -1.03. The summed E-state index contributed by atoms with van der Waals surface area (Å²) < 4.78 is 6.94. The van der Waals surface area contributed by atoms with Crippen molar-refractivity contribution in [3.8, 4) is 5.75 Å². The van der Waals surface area contributed by atoms with Crippen LogP contribution in [0.15, 0.2) is 40.9 Å². The van der Waals surface area contributed by atoms with Crippen LogP contribution in [0.1, 0.15) is 35.3 Å². The lowest BCUT2D eigenvalue weighted by Crippen LogP contribution is -2.19. The average molecular weight is 354 g/mol. The van der Waals surface area contributed by atoms with Crippen LogP contribution < -0.4 is 4.74 Å². The Balaban J connectivity index is 1.94. The van der Waals surface area contributed by atoms with E-state index in [2.05, 4.69) is 15.9 Å². The molecule has 0 spiro atoms. The van der Waals surface area contributed by atoms with Gasteiger partial charge in [0, 0.05) is 21.5 Å². The molecule has 3 rings (SSSR count). The van der Waals surface area contributed by atoms with Gasteiger partial charge in [-0.3, -0.25) is 0 Å². The molecular formula is C16H14BrClO2. The van der Waals surface area contributed by atoms with E-state index in [9.17, 15) is 5.11 Å². The van der Waals surface area contributed by atoms with Crippen molar-refractivity contribution in [3.05, 3.63) is 62.6 Å². The normalized spacial score (nSPS) is 21.2. The Morgan fingerprint density at radius 3 is 2.80 bits per heavy atom. The van der Waals surface area contributed by atoms with E-state index in [0.29, 0.717) is 6.42 Å². The average Bonchev–Trinajstić information content (AvgIpc) is 2.42. The highest BCUT2D eigenvalue weighted by Crippen LogP contribution is 2.42. The zero-order valence-corrected chi connectivity index (χ0v) is 13.3. The Labute approximate surface area is 131 Å². The number of benzene rings is 2. The number of rotatable bonds is 1. The van der Waals surface area contributed by atoms with Gasteiger partial charge in [0.15, 0.2) is 0 Å². The number of ether oxygens (including phenoxy) is 1. The fourth-order valence-electron chi connectivity index (χ4n) is 2.43. The maximum absolute atomic E-state index is 10.3. The first-order valence-electron chi connectivity index (χ1n) is 6.45. The van der Waals surface area contributed by atoms with Crippen LogP contribution in [0.5, 0.6) is 5.75 Å². The molecule has 2 atom stereocenters. The molecule has 2 nitrogen and oxygen atoms in total. The van der Waals surface area contributed by atoms with E-state index >= 15 is 0 Å². The molecule has 1 heterocycles. The standard InChI is InChI=1S/C16H14BrClO2/c1-9-2-3-10(6-13(9)18)16-8-14(19)12-7-11(17)4-5-15(12)20-16/h2-7,14,16,19H,8H2,1H3/t14-,16?/m0/s1. The first-order valence-corrected chi connectivity index (χ1v) is 7.62. The number of hydrogen-bond acceptors (Lipinski definition) is 2. The van der Waals surface area contributed by atoms with Crippen molar-refractivity contribution >= 4 is 27.5 Å². The predicted molar refractivity (Wildman–Crippen MR) is 83.3 cm³/mol. The lowest BCUT2D eigenvalue weighted by Gasteiger charge is -2.30. The largest absolute Gasteiger partial charge is 0.485 e. The molecule has 20 heavy (non-hydrogen) atoms. The third-order valence-electron chi connectivity index (χ3n) is 3.61. The molecule has 0 amide bonds. The van der Waals surface area contributed by atoms with Gasteiger partial charge in [-0.15, -0.1) is 0 Å². The van der Waals surface area contributed by atoms with E-state index in [4.69, 9.17) is 16.3 Å². The number of halogens is 2. The topological polar surface area (TPSA) is 29.5 Å². The Bertz CT molecular complexity index is 657. The molecule has 0 bridgehead atoms. The van der Waals surface area contributed by atoms with Crippen LogP contribution in [0.3, 0.4) is 0 Å². The Morgan fingerprint density at radius 2 is 2.05 bits per heavy atom. The first kappa shape index (κ1) is 13.9. The molecule has 0 saturated heterocycles. The monoisotopic (exact) mass is 352 g/mol. The lowest BCUT2D eigenvalue weighted by molar-refractivity contribution is 0.0657. The number of aryl methyl sites for hydroxylation is 1. The zero-order chi connectivity index (χ0) is 14.3. The predicted octanol–water partition coefficient (Wildman–Crippen LogP) is 4.97. The van der Waals surface area contributed by atoms with Gasteiger partial charge >= 0.3 is 0 Å². The van der Waals surface area contributed by atoms with Gasteiger partial charge in [-0.2, -0.15) is 0 Å². The van der Waals surface area contributed by atoms with Crippen LogP contribution in [0.4, 0.5) is 0 Å². The minimum atomic E-state index is -0.527. The van der Waals surface area contributed by atoms with Gasteiger partial charge in [0.2, 0.25) is 0 Å². The van der Waals surface area contributed by atoms with E-state index < -0.39 is 6.10 Å². The Kier molecular flexibility index (Phi) is 3.76. The van der Waals surface area contributed by atoms with Crippen LogP contribution in [-0.4, -0.2) is 5.11 Å². The van der Waals surface area contributed by atoms with Crippen molar-refractivity contribution in [1.82, 2.24) is 0 Å². The second-order valence-corrected chi connectivity index (χ2v) is 6.37. The minimum absolute atomic E-state index is 0.170. The van der Waals surface area contributed by atoms with Gasteiger partial charge in [-0.25, -0.2) is 0 Å². The molecule has 2 aromatic carbocycles. The summed E-state index contributed by atoms with van der Waals surface area (Å²) in [5.74, 6) is 0.730. The summed E-state index contributed by atoms with van der Waals surface area (Å²) in [7, 11) is 0. The number of aliphatic hydroxyl groups excluding tert-OH is 1. The van der Waals surface area contributed by atoms with E-state index in [1.807, 2.05) is 43.3 Å². The fourth-order valence-corrected chi connectivity index (χ4v) is 3.00. The van der Waals surface area contributed by atoms with E-state index in [-0.39, 0.29) is 6.10 Å². The van der Waals surface area contributed by atoms with Gasteiger partial charge in [-0.1, -0.05) is 39.7 Å². The minimum Gasteiger partial charge on any atom is -0.485 e. The van der Waals surface area contributed by atoms with Crippen LogP contribution in [0.2, 0.25) is 5.02 Å². The first-order chi connectivity index (χ1) is 9.54. The van der Waals surface area contributed by atoms with Crippen molar-refractivity contribution in [2.24, 2.45) is 0 Å². The van der Waals surface area contributed by atoms with E-state index in [0.717, 1.165) is 31.9 Å². The van der Waals surface area contributed by atoms with Crippen LogP contribution in [-0.2, 0) is 0 Å². The summed E-state index contributed by atoms with van der Waals surface area (Å²) in [6.45, 7) is 1.97. The third kappa shape index (κ3) is 2.58. The maximum Gasteiger partial charge on any atom is 0.127 e. The quantitative estimate of drug-likeness (QED) is 0.784. The lowest BCUT2D eigenvalue weighted by atomic mass is 9.94. The number of fused-ring (bicyclic) bond motifs is 1. The van der Waals surface area contributed by atoms with Crippen molar-refractivity contribution < 1.29 is 9.84 Å². The summed E-state index contributed by atoms with van der Waals surface area (Å²) in [4.78, 5) is 0. The van der Waals surface area contributed by atoms with E-state index in [1.165, 1.54) is 0 Å². The maximum atomic E-state index is 10.3. The summed E-state index contributed by atoms with van der Waals surface area (Å²) in [5.41, 5.74) is 2.86. The SMILES string of the molecule is Cc1ccc(C2C[C@H](O)c3cc(Br)ccc3O2)cc1Cl. The van der Waals surface area contributed by atoms with Crippen LogP contribution in [0.25, 0.3) is 0 Å². The van der Waals surface area contributed by atoms with Gasteiger partial charge in [-0.05, 0) is 42.3 Å².